The lowest BCUT2D eigenvalue weighted by Crippen LogP contribution is -2.50. The Bertz CT molecular complexity index is 1020. The molecule has 32 heavy (non-hydrogen) atoms. The number of ether oxygens (including phenoxy) is 1. The third-order valence-corrected chi connectivity index (χ3v) is 5.91. The number of carbonyl (C=O) groups is 2. The standard InChI is InChI=1S/C24H27Cl2N3O3/c1-27(2)10-6-9-22(30)28-11-13-29(14-12-28)24(31)19-15-17(32-3)16-21(26)23(19)18-7-4-5-8-20(18)25/h4-9,15-16H,10-14H2,1-3H3. The maximum absolute atomic E-state index is 13.5. The van der Waals surface area contributed by atoms with Gasteiger partial charge >= 0.3 is 0 Å². The molecule has 0 atom stereocenters. The van der Waals surface area contributed by atoms with E-state index in [2.05, 4.69) is 0 Å². The van der Waals surface area contributed by atoms with Crippen LogP contribution in [-0.2, 0) is 4.79 Å². The Balaban J connectivity index is 1.81. The monoisotopic (exact) mass is 475 g/mol. The van der Waals surface area contributed by atoms with Gasteiger partial charge in [0.15, 0.2) is 0 Å². The van der Waals surface area contributed by atoms with Gasteiger partial charge in [0.25, 0.3) is 5.91 Å². The second-order valence-electron chi connectivity index (χ2n) is 7.79. The highest BCUT2D eigenvalue weighted by atomic mass is 35.5. The fourth-order valence-corrected chi connectivity index (χ4v) is 4.12. The summed E-state index contributed by atoms with van der Waals surface area (Å²) >= 11 is 13.0. The minimum Gasteiger partial charge on any atom is -0.497 e. The van der Waals surface area contributed by atoms with Crippen molar-refractivity contribution in [1.82, 2.24) is 14.7 Å². The summed E-state index contributed by atoms with van der Waals surface area (Å²) < 4.78 is 5.34. The van der Waals surface area contributed by atoms with Crippen molar-refractivity contribution in [2.24, 2.45) is 0 Å². The summed E-state index contributed by atoms with van der Waals surface area (Å²) in [7, 11) is 5.42. The van der Waals surface area contributed by atoms with Gasteiger partial charge in [0, 0.05) is 54.9 Å². The largest absolute Gasteiger partial charge is 0.497 e. The highest BCUT2D eigenvalue weighted by Gasteiger charge is 2.27. The van der Waals surface area contributed by atoms with Crippen LogP contribution in [0.4, 0.5) is 0 Å². The van der Waals surface area contributed by atoms with Gasteiger partial charge in [-0.25, -0.2) is 0 Å². The Morgan fingerprint density at radius 2 is 1.69 bits per heavy atom. The van der Waals surface area contributed by atoms with Crippen LogP contribution in [0.5, 0.6) is 5.75 Å². The molecular weight excluding hydrogens is 449 g/mol. The summed E-state index contributed by atoms with van der Waals surface area (Å²) in [5.74, 6) is 0.282. The molecule has 0 aliphatic carbocycles. The molecule has 3 rings (SSSR count). The van der Waals surface area contributed by atoms with E-state index in [-0.39, 0.29) is 11.8 Å². The SMILES string of the molecule is COc1cc(Cl)c(-c2ccccc2Cl)c(C(=O)N2CCN(C(=O)C=CCN(C)C)CC2)c1. The summed E-state index contributed by atoms with van der Waals surface area (Å²) in [6.07, 6.45) is 3.43. The summed E-state index contributed by atoms with van der Waals surface area (Å²) in [5.41, 5.74) is 1.69. The minimum atomic E-state index is -0.170. The van der Waals surface area contributed by atoms with E-state index in [1.54, 1.807) is 34.1 Å². The summed E-state index contributed by atoms with van der Waals surface area (Å²) in [6.45, 7) is 2.50. The number of hydrogen-bond acceptors (Lipinski definition) is 4. The number of benzene rings is 2. The van der Waals surface area contributed by atoms with Gasteiger partial charge in [0.1, 0.15) is 5.75 Å². The molecule has 0 radical (unpaired) electrons. The molecule has 2 aromatic rings. The van der Waals surface area contributed by atoms with Crippen LogP contribution < -0.4 is 4.74 Å². The van der Waals surface area contributed by atoms with Gasteiger partial charge < -0.3 is 19.4 Å². The molecule has 170 valence electrons. The molecule has 0 spiro atoms. The molecule has 2 aromatic carbocycles. The number of likely N-dealkylation sites (N-methyl/N-ethyl adjacent to an activating group) is 1. The molecule has 0 bridgehead atoms. The molecular formula is C24H27Cl2N3O3. The van der Waals surface area contributed by atoms with Crippen LogP contribution in [0.3, 0.4) is 0 Å². The van der Waals surface area contributed by atoms with Gasteiger partial charge in [0.05, 0.1) is 17.7 Å². The van der Waals surface area contributed by atoms with Gasteiger partial charge in [-0.2, -0.15) is 0 Å². The number of halogens is 2. The first-order chi connectivity index (χ1) is 15.3. The lowest BCUT2D eigenvalue weighted by atomic mass is 9.97. The van der Waals surface area contributed by atoms with Gasteiger partial charge in [-0.3, -0.25) is 9.59 Å². The number of hydrogen-bond donors (Lipinski definition) is 0. The van der Waals surface area contributed by atoms with Crippen LogP contribution >= 0.6 is 23.2 Å². The van der Waals surface area contributed by atoms with Crippen molar-refractivity contribution in [2.45, 2.75) is 0 Å². The third kappa shape index (κ3) is 5.63. The summed E-state index contributed by atoms with van der Waals surface area (Å²) in [5, 5.41) is 0.897. The first-order valence-electron chi connectivity index (χ1n) is 10.3. The first kappa shape index (κ1) is 24.1. The number of amides is 2. The lowest BCUT2D eigenvalue weighted by molar-refractivity contribution is -0.127. The molecule has 1 saturated heterocycles. The average molecular weight is 476 g/mol. The van der Waals surface area contributed by atoms with Crippen LogP contribution in [0.2, 0.25) is 10.0 Å². The number of carbonyl (C=O) groups excluding carboxylic acids is 2. The van der Waals surface area contributed by atoms with Gasteiger partial charge in [-0.1, -0.05) is 47.5 Å². The molecule has 0 saturated carbocycles. The van der Waals surface area contributed by atoms with Crippen LogP contribution in [0.1, 0.15) is 10.4 Å². The molecule has 1 aliphatic heterocycles. The van der Waals surface area contributed by atoms with E-state index in [0.717, 1.165) is 0 Å². The summed E-state index contributed by atoms with van der Waals surface area (Å²) in [6, 6.07) is 10.6. The zero-order valence-corrected chi connectivity index (χ0v) is 20.0. The first-order valence-corrected chi connectivity index (χ1v) is 11.1. The molecule has 8 heteroatoms. The van der Waals surface area contributed by atoms with E-state index in [4.69, 9.17) is 27.9 Å². The van der Waals surface area contributed by atoms with E-state index >= 15 is 0 Å². The Hall–Kier alpha value is -2.54. The second kappa shape index (κ2) is 10.9. The number of nitrogens with zero attached hydrogens (tertiary/aromatic N) is 3. The predicted molar refractivity (Wildman–Crippen MR) is 129 cm³/mol. The van der Waals surface area contributed by atoms with Crippen molar-refractivity contribution >= 4 is 35.0 Å². The smallest absolute Gasteiger partial charge is 0.254 e. The topological polar surface area (TPSA) is 53.1 Å². The van der Waals surface area contributed by atoms with Crippen LogP contribution in [0, 0.1) is 0 Å². The third-order valence-electron chi connectivity index (χ3n) is 5.28. The molecule has 1 aliphatic rings. The minimum absolute atomic E-state index is 0.0415. The highest BCUT2D eigenvalue weighted by molar-refractivity contribution is 6.37. The maximum Gasteiger partial charge on any atom is 0.254 e. The lowest BCUT2D eigenvalue weighted by Gasteiger charge is -2.34. The maximum atomic E-state index is 13.5. The van der Waals surface area contributed by atoms with Gasteiger partial charge in [-0.05, 0) is 32.3 Å². The zero-order valence-electron chi connectivity index (χ0n) is 18.5. The van der Waals surface area contributed by atoms with Crippen LogP contribution in [0.15, 0.2) is 48.6 Å². The van der Waals surface area contributed by atoms with E-state index in [1.807, 2.05) is 43.3 Å². The van der Waals surface area contributed by atoms with Crippen molar-refractivity contribution in [3.8, 4) is 16.9 Å². The molecule has 0 N–H and O–H groups in total. The Labute approximate surface area is 198 Å². The second-order valence-corrected chi connectivity index (χ2v) is 8.61. The molecule has 6 nitrogen and oxygen atoms in total. The van der Waals surface area contributed by atoms with E-state index in [9.17, 15) is 9.59 Å². The van der Waals surface area contributed by atoms with Crippen molar-refractivity contribution in [2.75, 3.05) is 53.9 Å². The molecule has 0 unspecified atom stereocenters. The number of rotatable bonds is 6. The fraction of sp³-hybridized carbons (Fsp3) is 0.333. The molecule has 1 heterocycles. The Morgan fingerprint density at radius 1 is 1.03 bits per heavy atom. The predicted octanol–water partition coefficient (Wildman–Crippen LogP) is 4.07. The Morgan fingerprint density at radius 3 is 2.31 bits per heavy atom. The van der Waals surface area contributed by atoms with Crippen molar-refractivity contribution in [1.29, 1.82) is 0 Å². The highest BCUT2D eigenvalue weighted by Crippen LogP contribution is 2.39. The average Bonchev–Trinajstić information content (AvgIpc) is 2.78. The van der Waals surface area contributed by atoms with E-state index in [0.29, 0.717) is 65.2 Å². The number of methoxy groups -OCH3 is 1. The zero-order chi connectivity index (χ0) is 23.3. The van der Waals surface area contributed by atoms with E-state index in [1.165, 1.54) is 7.11 Å². The summed E-state index contributed by atoms with van der Waals surface area (Å²) in [4.78, 5) is 31.4. The van der Waals surface area contributed by atoms with Crippen LogP contribution in [0.25, 0.3) is 11.1 Å². The van der Waals surface area contributed by atoms with Crippen molar-refractivity contribution in [3.63, 3.8) is 0 Å². The fourth-order valence-electron chi connectivity index (χ4n) is 3.58. The van der Waals surface area contributed by atoms with E-state index < -0.39 is 0 Å². The van der Waals surface area contributed by atoms with Gasteiger partial charge in [0.2, 0.25) is 5.91 Å². The Kier molecular flexibility index (Phi) is 8.18. The van der Waals surface area contributed by atoms with Crippen molar-refractivity contribution < 1.29 is 14.3 Å². The molecule has 1 fully saturated rings. The van der Waals surface area contributed by atoms with Crippen molar-refractivity contribution in [3.05, 3.63) is 64.2 Å². The number of piperazine rings is 1. The molecule has 2 amide bonds. The van der Waals surface area contributed by atoms with Gasteiger partial charge in [-0.15, -0.1) is 0 Å². The molecule has 0 aromatic heterocycles. The van der Waals surface area contributed by atoms with Crippen LogP contribution in [-0.4, -0.2) is 80.4 Å². The quantitative estimate of drug-likeness (QED) is 0.590. The normalized spacial score (nSPS) is 14.3.